The largest absolute Gasteiger partial charge is 0.392 e. The third kappa shape index (κ3) is 3.76. The average molecular weight is 281 g/mol. The molecule has 2 fully saturated rings. The van der Waals surface area contributed by atoms with Crippen LogP contribution in [-0.2, 0) is 0 Å². The zero-order valence-corrected chi connectivity index (χ0v) is 14.3. The van der Waals surface area contributed by atoms with Crippen LogP contribution in [0.5, 0.6) is 0 Å². The maximum atomic E-state index is 10.6. The highest BCUT2D eigenvalue weighted by Gasteiger charge is 2.39. The summed E-state index contributed by atoms with van der Waals surface area (Å²) in [5.41, 5.74) is 0.655. The maximum Gasteiger partial charge on any atom is 0.0631 e. The second-order valence-corrected chi connectivity index (χ2v) is 8.92. The molecule has 2 aliphatic rings. The molecule has 0 amide bonds. The summed E-state index contributed by atoms with van der Waals surface area (Å²) in [6, 6.07) is 0.736. The van der Waals surface area contributed by atoms with Gasteiger partial charge in [0.25, 0.3) is 0 Å². The smallest absolute Gasteiger partial charge is 0.0631 e. The molecule has 0 aromatic rings. The van der Waals surface area contributed by atoms with Crippen LogP contribution in [0.15, 0.2) is 0 Å². The van der Waals surface area contributed by atoms with E-state index in [0.29, 0.717) is 11.3 Å². The fourth-order valence-corrected chi connectivity index (χ4v) is 4.30. The minimum atomic E-state index is -0.126. The Balaban J connectivity index is 1.87. The van der Waals surface area contributed by atoms with Crippen LogP contribution >= 0.6 is 0 Å². The second kappa shape index (κ2) is 5.96. The van der Waals surface area contributed by atoms with E-state index in [4.69, 9.17) is 0 Å². The highest BCUT2D eigenvalue weighted by molar-refractivity contribution is 4.91. The summed E-state index contributed by atoms with van der Waals surface area (Å²) in [5.74, 6) is 0.471. The van der Waals surface area contributed by atoms with Gasteiger partial charge in [0.2, 0.25) is 0 Å². The van der Waals surface area contributed by atoms with Gasteiger partial charge in [0.15, 0.2) is 0 Å². The molecule has 2 saturated carbocycles. The van der Waals surface area contributed by atoms with Crippen molar-refractivity contribution in [3.8, 4) is 0 Å². The van der Waals surface area contributed by atoms with E-state index in [-0.39, 0.29) is 11.5 Å². The van der Waals surface area contributed by atoms with Gasteiger partial charge in [-0.3, -0.25) is 0 Å². The number of aliphatic hydroxyl groups is 1. The Morgan fingerprint density at radius 3 is 2.20 bits per heavy atom. The van der Waals surface area contributed by atoms with Gasteiger partial charge in [-0.25, -0.2) is 0 Å². The third-order valence-electron chi connectivity index (χ3n) is 6.10. The summed E-state index contributed by atoms with van der Waals surface area (Å²) in [4.78, 5) is 2.55. The monoisotopic (exact) mass is 281 g/mol. The van der Waals surface area contributed by atoms with Gasteiger partial charge in [0, 0.05) is 12.6 Å². The quantitative estimate of drug-likeness (QED) is 0.843. The van der Waals surface area contributed by atoms with Crippen molar-refractivity contribution >= 4 is 0 Å². The molecule has 0 saturated heterocycles. The summed E-state index contributed by atoms with van der Waals surface area (Å²) in [6.07, 6.45) is 8.88. The van der Waals surface area contributed by atoms with Crippen LogP contribution < -0.4 is 0 Å². The van der Waals surface area contributed by atoms with Crippen molar-refractivity contribution < 1.29 is 5.11 Å². The first-order valence-electron chi connectivity index (χ1n) is 8.60. The normalized spacial score (nSPS) is 34.4. The first-order chi connectivity index (χ1) is 9.21. The van der Waals surface area contributed by atoms with E-state index >= 15 is 0 Å². The third-order valence-corrected chi connectivity index (χ3v) is 6.10. The molecule has 118 valence electrons. The highest BCUT2D eigenvalue weighted by Crippen LogP contribution is 2.40. The van der Waals surface area contributed by atoms with Gasteiger partial charge in [0.05, 0.1) is 6.10 Å². The molecular weight excluding hydrogens is 246 g/mol. The molecular formula is C18H35NO. The van der Waals surface area contributed by atoms with Crippen LogP contribution in [0.2, 0.25) is 0 Å². The molecule has 0 radical (unpaired) electrons. The van der Waals surface area contributed by atoms with Crippen LogP contribution in [0.25, 0.3) is 0 Å². The van der Waals surface area contributed by atoms with Gasteiger partial charge in [0.1, 0.15) is 0 Å². The summed E-state index contributed by atoms with van der Waals surface area (Å²) < 4.78 is 0. The van der Waals surface area contributed by atoms with Crippen molar-refractivity contribution in [3.05, 3.63) is 0 Å². The fraction of sp³-hybridized carbons (Fsp3) is 1.00. The van der Waals surface area contributed by atoms with E-state index in [1.807, 2.05) is 0 Å². The Hall–Kier alpha value is -0.0800. The topological polar surface area (TPSA) is 23.5 Å². The van der Waals surface area contributed by atoms with Crippen LogP contribution in [0.1, 0.15) is 72.6 Å². The number of nitrogens with zero attached hydrogens (tertiary/aromatic N) is 1. The van der Waals surface area contributed by atoms with Crippen molar-refractivity contribution in [1.82, 2.24) is 4.90 Å². The van der Waals surface area contributed by atoms with Gasteiger partial charge in [-0.1, -0.05) is 34.1 Å². The van der Waals surface area contributed by atoms with Crippen LogP contribution in [-0.4, -0.2) is 35.7 Å². The van der Waals surface area contributed by atoms with E-state index in [1.165, 1.54) is 44.9 Å². The molecule has 0 aromatic carbocycles. The first-order valence-corrected chi connectivity index (χ1v) is 8.60. The lowest BCUT2D eigenvalue weighted by Gasteiger charge is -2.44. The highest BCUT2D eigenvalue weighted by atomic mass is 16.3. The van der Waals surface area contributed by atoms with Gasteiger partial charge in [-0.2, -0.15) is 0 Å². The first kappa shape index (κ1) is 16.3. The zero-order valence-electron chi connectivity index (χ0n) is 14.3. The Morgan fingerprint density at radius 1 is 1.00 bits per heavy atom. The van der Waals surface area contributed by atoms with E-state index in [2.05, 4.69) is 39.6 Å². The van der Waals surface area contributed by atoms with Crippen molar-refractivity contribution in [1.29, 1.82) is 0 Å². The zero-order chi connectivity index (χ0) is 15.0. The molecule has 2 rings (SSSR count). The van der Waals surface area contributed by atoms with E-state index in [0.717, 1.165) is 12.6 Å². The molecule has 0 bridgehead atoms. The van der Waals surface area contributed by atoms with E-state index in [9.17, 15) is 5.11 Å². The van der Waals surface area contributed by atoms with Gasteiger partial charge < -0.3 is 10.0 Å². The van der Waals surface area contributed by atoms with Gasteiger partial charge >= 0.3 is 0 Å². The molecule has 2 heteroatoms. The maximum absolute atomic E-state index is 10.6. The van der Waals surface area contributed by atoms with Crippen molar-refractivity contribution in [3.63, 3.8) is 0 Å². The fourth-order valence-electron chi connectivity index (χ4n) is 4.30. The van der Waals surface area contributed by atoms with E-state index < -0.39 is 0 Å². The molecule has 1 N–H and O–H groups in total. The Kier molecular flexibility index (Phi) is 4.86. The van der Waals surface area contributed by atoms with Gasteiger partial charge in [-0.15, -0.1) is 0 Å². The second-order valence-electron chi connectivity index (χ2n) is 8.92. The number of hydrogen-bond acceptors (Lipinski definition) is 2. The summed E-state index contributed by atoms with van der Waals surface area (Å²) >= 11 is 0. The predicted molar refractivity (Wildman–Crippen MR) is 85.8 cm³/mol. The Labute approximate surface area is 125 Å². The minimum Gasteiger partial charge on any atom is -0.392 e. The molecule has 0 spiro atoms. The van der Waals surface area contributed by atoms with Crippen LogP contribution in [0.3, 0.4) is 0 Å². The Bertz CT molecular complexity index is 313. The SMILES string of the molecule is CN(CC1CCCC(C)(C)C1O)C1CCC(C)(C)CC1. The van der Waals surface area contributed by atoms with Crippen LogP contribution in [0.4, 0.5) is 0 Å². The summed E-state index contributed by atoms with van der Waals surface area (Å²) in [5, 5.41) is 10.6. The lowest BCUT2D eigenvalue weighted by Crippen LogP contribution is -2.47. The number of hydrogen-bond donors (Lipinski definition) is 1. The van der Waals surface area contributed by atoms with Crippen molar-refractivity contribution in [2.24, 2.45) is 16.7 Å². The van der Waals surface area contributed by atoms with Crippen molar-refractivity contribution in [2.45, 2.75) is 84.8 Å². The Morgan fingerprint density at radius 2 is 1.60 bits per heavy atom. The van der Waals surface area contributed by atoms with Crippen LogP contribution in [0, 0.1) is 16.7 Å². The van der Waals surface area contributed by atoms with Gasteiger partial charge in [-0.05, 0) is 62.3 Å². The molecule has 2 atom stereocenters. The predicted octanol–water partition coefficient (Wildman–Crippen LogP) is 4.07. The number of aliphatic hydroxyl groups excluding tert-OH is 1. The molecule has 20 heavy (non-hydrogen) atoms. The lowest BCUT2D eigenvalue weighted by molar-refractivity contribution is -0.0465. The molecule has 0 heterocycles. The summed E-state index contributed by atoms with van der Waals surface area (Å²) in [6.45, 7) is 10.3. The van der Waals surface area contributed by atoms with E-state index in [1.54, 1.807) is 0 Å². The molecule has 0 aliphatic heterocycles. The standard InChI is InChI=1S/C18H35NO/c1-17(2)11-8-15(9-12-17)19(5)13-14-7-6-10-18(3,4)16(14)20/h14-16,20H,6-13H2,1-5H3. The number of rotatable bonds is 3. The minimum absolute atomic E-state index is 0.109. The lowest BCUT2D eigenvalue weighted by atomic mass is 9.69. The average Bonchev–Trinajstić information content (AvgIpc) is 2.34. The molecule has 2 aliphatic carbocycles. The molecule has 0 aromatic heterocycles. The molecule has 2 nitrogen and oxygen atoms in total. The van der Waals surface area contributed by atoms with Crippen molar-refractivity contribution in [2.75, 3.05) is 13.6 Å². The molecule has 2 unspecified atom stereocenters. The summed E-state index contributed by atoms with van der Waals surface area (Å²) in [7, 11) is 2.28.